The summed E-state index contributed by atoms with van der Waals surface area (Å²) in [4.78, 5) is 24.1. The smallest absolute Gasteiger partial charge is 0.269 e. The molecule has 1 amide bonds. The molecule has 0 aliphatic carbocycles. The van der Waals surface area contributed by atoms with Crippen LogP contribution in [0, 0.1) is 10.1 Å². The van der Waals surface area contributed by atoms with Gasteiger partial charge in [0, 0.05) is 25.7 Å². The van der Waals surface area contributed by atoms with Gasteiger partial charge in [-0.15, -0.1) is 0 Å². The fourth-order valence-electron chi connectivity index (χ4n) is 2.61. The number of likely N-dealkylation sites (N-methyl/N-ethyl adjacent to an activating group) is 1. The number of carbonyl (C=O) groups is 1. The van der Waals surface area contributed by atoms with Gasteiger partial charge in [0.2, 0.25) is 5.91 Å². The number of amides is 1. The van der Waals surface area contributed by atoms with Crippen molar-refractivity contribution in [3.05, 3.63) is 39.9 Å². The van der Waals surface area contributed by atoms with Crippen molar-refractivity contribution in [2.45, 2.75) is 25.3 Å². The summed E-state index contributed by atoms with van der Waals surface area (Å²) >= 11 is 0. The van der Waals surface area contributed by atoms with Crippen molar-refractivity contribution >= 4 is 11.6 Å². The van der Waals surface area contributed by atoms with Crippen LogP contribution in [-0.2, 0) is 11.2 Å². The van der Waals surface area contributed by atoms with E-state index in [1.54, 1.807) is 19.2 Å². The SMILES string of the molecule is CNC(=O)C1CCCN1CCc1ccc([N+](=O)[O-])cc1. The van der Waals surface area contributed by atoms with Crippen LogP contribution in [0.5, 0.6) is 0 Å². The Morgan fingerprint density at radius 2 is 2.15 bits per heavy atom. The summed E-state index contributed by atoms with van der Waals surface area (Å²) in [6, 6.07) is 6.58. The molecule has 0 aromatic heterocycles. The first-order valence-corrected chi connectivity index (χ1v) is 6.81. The second-order valence-electron chi connectivity index (χ2n) is 4.98. The van der Waals surface area contributed by atoms with Crippen LogP contribution in [0.4, 0.5) is 5.69 Å². The number of nitro groups is 1. The molecular weight excluding hydrogens is 258 g/mol. The summed E-state index contributed by atoms with van der Waals surface area (Å²) in [5.74, 6) is 0.0752. The van der Waals surface area contributed by atoms with Gasteiger partial charge in [-0.1, -0.05) is 12.1 Å². The zero-order valence-electron chi connectivity index (χ0n) is 11.5. The highest BCUT2D eigenvalue weighted by Gasteiger charge is 2.29. The topological polar surface area (TPSA) is 75.5 Å². The minimum atomic E-state index is -0.397. The van der Waals surface area contributed by atoms with Gasteiger partial charge in [0.25, 0.3) is 5.69 Å². The average Bonchev–Trinajstić information content (AvgIpc) is 2.93. The number of nitrogens with one attached hydrogen (secondary N) is 1. The second-order valence-corrected chi connectivity index (χ2v) is 4.98. The Morgan fingerprint density at radius 1 is 1.45 bits per heavy atom. The van der Waals surface area contributed by atoms with E-state index in [0.717, 1.165) is 37.9 Å². The number of carbonyl (C=O) groups excluding carboxylic acids is 1. The maximum atomic E-state index is 11.7. The van der Waals surface area contributed by atoms with Crippen molar-refractivity contribution in [2.75, 3.05) is 20.1 Å². The molecule has 6 heteroatoms. The number of hydrogen-bond acceptors (Lipinski definition) is 4. The minimum Gasteiger partial charge on any atom is -0.358 e. The number of non-ortho nitro benzene ring substituents is 1. The number of rotatable bonds is 5. The summed E-state index contributed by atoms with van der Waals surface area (Å²) < 4.78 is 0. The summed E-state index contributed by atoms with van der Waals surface area (Å²) in [5.41, 5.74) is 1.16. The van der Waals surface area contributed by atoms with Crippen molar-refractivity contribution in [1.29, 1.82) is 0 Å². The standard InChI is InChI=1S/C14H19N3O3/c1-15-14(18)13-3-2-9-16(13)10-8-11-4-6-12(7-5-11)17(19)20/h4-7,13H,2-3,8-10H2,1H3,(H,15,18). The van der Waals surface area contributed by atoms with E-state index in [1.165, 1.54) is 12.1 Å². The summed E-state index contributed by atoms with van der Waals surface area (Å²) in [6.07, 6.45) is 2.74. The van der Waals surface area contributed by atoms with Gasteiger partial charge in [-0.05, 0) is 31.4 Å². The van der Waals surface area contributed by atoms with Gasteiger partial charge in [0.05, 0.1) is 11.0 Å². The fraction of sp³-hybridized carbons (Fsp3) is 0.500. The monoisotopic (exact) mass is 277 g/mol. The van der Waals surface area contributed by atoms with E-state index in [4.69, 9.17) is 0 Å². The third-order valence-corrected chi connectivity index (χ3v) is 3.75. The van der Waals surface area contributed by atoms with Crippen molar-refractivity contribution in [3.63, 3.8) is 0 Å². The van der Waals surface area contributed by atoms with Crippen LogP contribution < -0.4 is 5.32 Å². The molecule has 1 saturated heterocycles. The van der Waals surface area contributed by atoms with Crippen molar-refractivity contribution in [2.24, 2.45) is 0 Å². The molecule has 1 aromatic rings. The third-order valence-electron chi connectivity index (χ3n) is 3.75. The number of hydrogen-bond donors (Lipinski definition) is 1. The average molecular weight is 277 g/mol. The lowest BCUT2D eigenvalue weighted by Crippen LogP contribution is -2.42. The van der Waals surface area contributed by atoms with Gasteiger partial charge >= 0.3 is 0 Å². The number of benzene rings is 1. The Labute approximate surface area is 117 Å². The van der Waals surface area contributed by atoms with E-state index in [0.29, 0.717) is 0 Å². The first-order chi connectivity index (χ1) is 9.61. The normalized spacial score (nSPS) is 18.9. The lowest BCUT2D eigenvalue weighted by Gasteiger charge is -2.22. The van der Waals surface area contributed by atoms with Gasteiger partial charge in [-0.3, -0.25) is 19.8 Å². The van der Waals surface area contributed by atoms with Crippen molar-refractivity contribution in [3.8, 4) is 0 Å². The third kappa shape index (κ3) is 3.33. The van der Waals surface area contributed by atoms with E-state index in [9.17, 15) is 14.9 Å². The summed E-state index contributed by atoms with van der Waals surface area (Å²) in [5, 5.41) is 13.3. The molecule has 0 radical (unpaired) electrons. The van der Waals surface area contributed by atoms with Gasteiger partial charge in [0.15, 0.2) is 0 Å². The molecule has 108 valence electrons. The van der Waals surface area contributed by atoms with E-state index in [1.807, 2.05) is 0 Å². The largest absolute Gasteiger partial charge is 0.358 e. The van der Waals surface area contributed by atoms with Gasteiger partial charge in [-0.25, -0.2) is 0 Å². The quantitative estimate of drug-likeness (QED) is 0.651. The van der Waals surface area contributed by atoms with Gasteiger partial charge < -0.3 is 5.32 Å². The molecule has 1 heterocycles. The van der Waals surface area contributed by atoms with Crippen LogP contribution in [0.2, 0.25) is 0 Å². The molecule has 20 heavy (non-hydrogen) atoms. The number of nitro benzene ring substituents is 1. The summed E-state index contributed by atoms with van der Waals surface area (Å²) in [6.45, 7) is 1.74. The lowest BCUT2D eigenvalue weighted by atomic mass is 10.1. The van der Waals surface area contributed by atoms with Gasteiger partial charge in [-0.2, -0.15) is 0 Å². The summed E-state index contributed by atoms with van der Waals surface area (Å²) in [7, 11) is 1.66. The minimum absolute atomic E-state index is 0.0296. The molecule has 1 aliphatic rings. The van der Waals surface area contributed by atoms with E-state index in [2.05, 4.69) is 10.2 Å². The van der Waals surface area contributed by atoms with Crippen LogP contribution >= 0.6 is 0 Å². The highest BCUT2D eigenvalue weighted by Crippen LogP contribution is 2.18. The molecule has 0 bridgehead atoms. The van der Waals surface area contributed by atoms with Crippen molar-refractivity contribution < 1.29 is 9.72 Å². The molecule has 1 fully saturated rings. The second kappa shape index (κ2) is 6.47. The number of likely N-dealkylation sites (tertiary alicyclic amines) is 1. The molecule has 1 aromatic carbocycles. The molecule has 1 atom stereocenters. The number of nitrogens with zero attached hydrogens (tertiary/aromatic N) is 2. The Kier molecular flexibility index (Phi) is 4.68. The van der Waals surface area contributed by atoms with E-state index in [-0.39, 0.29) is 17.6 Å². The molecule has 6 nitrogen and oxygen atoms in total. The molecule has 2 rings (SSSR count). The lowest BCUT2D eigenvalue weighted by molar-refractivity contribution is -0.384. The van der Waals surface area contributed by atoms with Crippen LogP contribution in [0.1, 0.15) is 18.4 Å². The van der Waals surface area contributed by atoms with Crippen LogP contribution in [0.3, 0.4) is 0 Å². The Hall–Kier alpha value is -1.95. The van der Waals surface area contributed by atoms with Crippen LogP contribution in [0.25, 0.3) is 0 Å². The zero-order chi connectivity index (χ0) is 14.5. The Bertz CT molecular complexity index is 487. The molecular formula is C14H19N3O3. The molecule has 0 saturated carbocycles. The van der Waals surface area contributed by atoms with Crippen LogP contribution in [0.15, 0.2) is 24.3 Å². The first kappa shape index (κ1) is 14.5. The van der Waals surface area contributed by atoms with Gasteiger partial charge in [0.1, 0.15) is 0 Å². The van der Waals surface area contributed by atoms with E-state index >= 15 is 0 Å². The highest BCUT2D eigenvalue weighted by atomic mass is 16.6. The van der Waals surface area contributed by atoms with Crippen molar-refractivity contribution in [1.82, 2.24) is 10.2 Å². The predicted octanol–water partition coefficient (Wildman–Crippen LogP) is 1.35. The van der Waals surface area contributed by atoms with E-state index < -0.39 is 4.92 Å². The maximum absolute atomic E-state index is 11.7. The Morgan fingerprint density at radius 3 is 2.75 bits per heavy atom. The van der Waals surface area contributed by atoms with Crippen LogP contribution in [-0.4, -0.2) is 41.9 Å². The molecule has 1 unspecified atom stereocenters. The fourth-order valence-corrected chi connectivity index (χ4v) is 2.61. The predicted molar refractivity (Wildman–Crippen MR) is 75.5 cm³/mol. The zero-order valence-corrected chi connectivity index (χ0v) is 11.5. The molecule has 1 aliphatic heterocycles. The Balaban J connectivity index is 1.91. The first-order valence-electron chi connectivity index (χ1n) is 6.81. The maximum Gasteiger partial charge on any atom is 0.269 e. The molecule has 0 spiro atoms. The molecule has 1 N–H and O–H groups in total. The highest BCUT2D eigenvalue weighted by molar-refractivity contribution is 5.81.